The molecule has 24 heavy (non-hydrogen) atoms. The topological polar surface area (TPSA) is 0 Å². The molecule has 4 heteroatoms. The summed E-state index contributed by atoms with van der Waals surface area (Å²) in [7, 11) is 0. The van der Waals surface area contributed by atoms with Crippen LogP contribution in [0.5, 0.6) is 0 Å². The van der Waals surface area contributed by atoms with Gasteiger partial charge in [-0.15, -0.1) is 0 Å². The Bertz CT molecular complexity index is 778. The average Bonchev–Trinajstić information content (AvgIpc) is 3.16. The van der Waals surface area contributed by atoms with Gasteiger partial charge in [-0.05, 0) is 0 Å². The van der Waals surface area contributed by atoms with Gasteiger partial charge in [0, 0.05) is 0 Å². The summed E-state index contributed by atoms with van der Waals surface area (Å²) in [6.45, 7) is 5.12. The molecule has 2 aromatic rings. The molecule has 0 aromatic heterocycles. The van der Waals surface area contributed by atoms with E-state index in [0.717, 1.165) is 7.25 Å². The minimum atomic E-state index is -1.65. The van der Waals surface area contributed by atoms with Crippen molar-refractivity contribution in [3.05, 3.63) is 84.0 Å². The Balaban J connectivity index is 0.00000104. The van der Waals surface area contributed by atoms with E-state index >= 15 is 0 Å². The molecule has 0 radical (unpaired) electrons. The summed E-state index contributed by atoms with van der Waals surface area (Å²) in [5.41, 5.74) is 6.01. The van der Waals surface area contributed by atoms with Gasteiger partial charge < -0.3 is 24.8 Å². The van der Waals surface area contributed by atoms with Crippen molar-refractivity contribution in [3.8, 4) is 11.1 Å². The fourth-order valence-electron chi connectivity index (χ4n) is 3.94. The minimum absolute atomic E-state index is 0. The van der Waals surface area contributed by atoms with Crippen LogP contribution in [0.25, 0.3) is 11.1 Å². The van der Waals surface area contributed by atoms with Crippen molar-refractivity contribution in [2.24, 2.45) is 0 Å². The summed E-state index contributed by atoms with van der Waals surface area (Å²) >= 11 is -1.65. The maximum Gasteiger partial charge on any atom is -1.00 e. The molecule has 4 rings (SSSR count). The molecule has 0 fully saturated rings. The van der Waals surface area contributed by atoms with Gasteiger partial charge in [0.05, 0.1) is 0 Å². The van der Waals surface area contributed by atoms with Crippen LogP contribution in [0.4, 0.5) is 0 Å². The molecule has 0 heterocycles. The van der Waals surface area contributed by atoms with E-state index in [1.54, 1.807) is 11.1 Å². The Kier molecular flexibility index (Phi) is 6.90. The summed E-state index contributed by atoms with van der Waals surface area (Å²) < 4.78 is 1.53. The van der Waals surface area contributed by atoms with Crippen LogP contribution >= 0.6 is 0 Å². The van der Waals surface area contributed by atoms with Crippen molar-refractivity contribution in [1.29, 1.82) is 0 Å². The van der Waals surface area contributed by atoms with Crippen molar-refractivity contribution < 1.29 is 45.2 Å². The molecule has 0 aliphatic heterocycles. The predicted octanol–water partition coefficient (Wildman–Crippen LogP) is -0.452. The second-order valence-corrected chi connectivity index (χ2v) is 24.4. The molecule has 0 bridgehead atoms. The zero-order valence-corrected chi connectivity index (χ0v) is 18.8. The number of rotatable bonds is 2. The Morgan fingerprint density at radius 2 is 1.21 bits per heavy atom. The SMILES string of the molecule is C[Si](C)=[Zr+2]([CH]1C=CC=C1)[CH]1c2ccccc2-c2ccccc21.[Cl-].[Cl-]. The summed E-state index contributed by atoms with van der Waals surface area (Å²) in [4.78, 5) is 0. The third kappa shape index (κ3) is 3.31. The zero-order chi connectivity index (χ0) is 15.1. The van der Waals surface area contributed by atoms with Crippen molar-refractivity contribution in [2.45, 2.75) is 20.3 Å². The van der Waals surface area contributed by atoms with E-state index in [1.165, 1.54) is 11.1 Å². The monoisotopic (exact) mass is 448 g/mol. The molecule has 2 aliphatic rings. The largest absolute Gasteiger partial charge is 1.00 e. The first-order valence-corrected chi connectivity index (χ1v) is 17.0. The maximum absolute atomic E-state index is 2.56. The van der Waals surface area contributed by atoms with E-state index in [4.69, 9.17) is 0 Å². The van der Waals surface area contributed by atoms with E-state index in [2.05, 4.69) is 85.9 Å². The Labute approximate surface area is 165 Å². The van der Waals surface area contributed by atoms with Gasteiger partial charge in [-0.25, -0.2) is 0 Å². The quantitative estimate of drug-likeness (QED) is 0.544. The van der Waals surface area contributed by atoms with Gasteiger partial charge >= 0.3 is 141 Å². The van der Waals surface area contributed by atoms with Crippen LogP contribution in [0.15, 0.2) is 72.8 Å². The van der Waals surface area contributed by atoms with E-state index in [1.807, 2.05) is 0 Å². The third-order valence-corrected chi connectivity index (χ3v) is 23.9. The molecule has 0 spiro atoms. The third-order valence-electron chi connectivity index (χ3n) is 4.83. The maximum atomic E-state index is 2.56. The van der Waals surface area contributed by atoms with Crippen LogP contribution in [0.3, 0.4) is 0 Å². The van der Waals surface area contributed by atoms with Gasteiger partial charge in [0.15, 0.2) is 0 Å². The van der Waals surface area contributed by atoms with Crippen molar-refractivity contribution in [2.75, 3.05) is 0 Å². The standard InChI is InChI=1S/C13H9.C5H5.C2H6Si.2ClH.Zr/c1-3-7-12-10(5-1)9-11-6-2-4-8-13(11)12;1-2-4-5-3-1;1-3-2;;;/h1-9H;1-5H;1-2H3;2*1H;/q;;;;;+2/p-2. The Morgan fingerprint density at radius 1 is 0.750 bits per heavy atom. The van der Waals surface area contributed by atoms with Crippen LogP contribution in [0.2, 0.25) is 16.7 Å². The molecule has 2 aliphatic carbocycles. The van der Waals surface area contributed by atoms with Crippen LogP contribution in [0.1, 0.15) is 14.8 Å². The number of fused-ring (bicyclic) bond motifs is 3. The molecule has 0 N–H and O–H groups in total. The van der Waals surface area contributed by atoms with Crippen molar-refractivity contribution >= 4 is 5.43 Å². The van der Waals surface area contributed by atoms with E-state index < -0.39 is 20.4 Å². The Hall–Kier alpha value is -0.400. The zero-order valence-electron chi connectivity index (χ0n) is 13.8. The van der Waals surface area contributed by atoms with Crippen LogP contribution in [-0.4, -0.2) is 5.43 Å². The van der Waals surface area contributed by atoms with Crippen LogP contribution in [-0.2, 0) is 20.4 Å². The minimum Gasteiger partial charge on any atom is -1.00 e. The molecule has 0 atom stereocenters. The number of allylic oxidation sites excluding steroid dienone is 4. The first-order chi connectivity index (χ1) is 10.8. The molecule has 122 valence electrons. The van der Waals surface area contributed by atoms with Gasteiger partial charge in [-0.1, -0.05) is 0 Å². The van der Waals surface area contributed by atoms with Gasteiger partial charge in [0.25, 0.3) is 0 Å². The molecule has 0 saturated heterocycles. The molecule has 2 aromatic carbocycles. The molecule has 0 saturated carbocycles. The average molecular weight is 451 g/mol. The van der Waals surface area contributed by atoms with Crippen LogP contribution < -0.4 is 24.8 Å². The van der Waals surface area contributed by atoms with Crippen molar-refractivity contribution in [3.63, 3.8) is 0 Å². The van der Waals surface area contributed by atoms with Gasteiger partial charge in [0.1, 0.15) is 0 Å². The van der Waals surface area contributed by atoms with Gasteiger partial charge in [-0.3, -0.25) is 0 Å². The smallest absolute Gasteiger partial charge is 1.00 e. The number of halogens is 2. The first-order valence-electron chi connectivity index (χ1n) is 7.98. The summed E-state index contributed by atoms with van der Waals surface area (Å²) in [6.07, 6.45) is 9.50. The summed E-state index contributed by atoms with van der Waals surface area (Å²) in [6, 6.07) is 18.3. The van der Waals surface area contributed by atoms with Gasteiger partial charge in [0.2, 0.25) is 0 Å². The molecular formula is C20H20Cl2SiZr. The molecule has 0 nitrogen and oxygen atoms in total. The normalized spacial score (nSPS) is 14.2. The van der Waals surface area contributed by atoms with Crippen molar-refractivity contribution in [1.82, 2.24) is 0 Å². The Morgan fingerprint density at radius 3 is 1.67 bits per heavy atom. The van der Waals surface area contributed by atoms with Gasteiger partial charge in [-0.2, -0.15) is 0 Å². The summed E-state index contributed by atoms with van der Waals surface area (Å²) in [5.74, 6) is 0. The molecule has 0 amide bonds. The van der Waals surface area contributed by atoms with E-state index in [0.29, 0.717) is 0 Å². The fourth-order valence-corrected chi connectivity index (χ4v) is 22.7. The molecule has 0 unspecified atom stereocenters. The molecular weight excluding hydrogens is 430 g/mol. The van der Waals surface area contributed by atoms with E-state index in [9.17, 15) is 0 Å². The number of hydrogen-bond acceptors (Lipinski definition) is 0. The second-order valence-electron chi connectivity index (χ2n) is 6.36. The van der Waals surface area contributed by atoms with Crippen LogP contribution in [0, 0.1) is 0 Å². The first kappa shape index (κ1) is 19.9. The number of benzene rings is 2. The number of hydrogen-bond donors (Lipinski definition) is 0. The summed E-state index contributed by atoms with van der Waals surface area (Å²) in [5, 5.41) is 0. The predicted molar refractivity (Wildman–Crippen MR) is 93.2 cm³/mol. The fraction of sp³-hybridized carbons (Fsp3) is 0.200. The second kappa shape index (κ2) is 8.32. The van der Waals surface area contributed by atoms with E-state index in [-0.39, 0.29) is 30.2 Å².